The molecule has 2 nitrogen and oxygen atoms in total. The molecular formula is C15H22NO+. The molecule has 0 aliphatic carbocycles. The molecule has 0 saturated carbocycles. The number of hydrogen-bond donors (Lipinski definition) is 1. The van der Waals surface area contributed by atoms with Crippen molar-refractivity contribution in [3.8, 4) is 0 Å². The lowest BCUT2D eigenvalue weighted by atomic mass is 9.96. The van der Waals surface area contributed by atoms with Crippen LogP contribution in [0.3, 0.4) is 0 Å². The summed E-state index contributed by atoms with van der Waals surface area (Å²) in [6.45, 7) is 1.08. The average Bonchev–Trinajstić information content (AvgIpc) is 2.51. The van der Waals surface area contributed by atoms with E-state index in [0.717, 1.165) is 23.5 Å². The predicted octanol–water partition coefficient (Wildman–Crippen LogP) is 2.32. The van der Waals surface area contributed by atoms with Gasteiger partial charge in [0.1, 0.15) is 18.7 Å². The van der Waals surface area contributed by atoms with Gasteiger partial charge in [0.2, 0.25) is 0 Å². The minimum Gasteiger partial charge on any atom is -0.387 e. The lowest BCUT2D eigenvalue weighted by molar-refractivity contribution is -0.963. The Bertz CT molecular complexity index is 391. The van der Waals surface area contributed by atoms with E-state index in [0.29, 0.717) is 6.04 Å². The minimum absolute atomic E-state index is 0.0811. The van der Waals surface area contributed by atoms with Gasteiger partial charge in [-0.15, -0.1) is 0 Å². The molecule has 17 heavy (non-hydrogen) atoms. The fraction of sp³-hybridized carbons (Fsp3) is 0.600. The van der Waals surface area contributed by atoms with Crippen LogP contribution in [0.5, 0.6) is 0 Å². The van der Waals surface area contributed by atoms with Gasteiger partial charge in [-0.05, 0) is 6.42 Å². The third kappa shape index (κ3) is 1.80. The van der Waals surface area contributed by atoms with Crippen LogP contribution in [-0.4, -0.2) is 34.8 Å². The number of hydrogen-bond acceptors (Lipinski definition) is 1. The van der Waals surface area contributed by atoms with E-state index in [9.17, 15) is 5.11 Å². The van der Waals surface area contributed by atoms with Gasteiger partial charge in [-0.25, -0.2) is 0 Å². The lowest BCUT2D eigenvalue weighted by Gasteiger charge is -2.46. The first-order valence-corrected chi connectivity index (χ1v) is 6.77. The number of likely N-dealkylation sites (N-methyl/N-ethyl adjacent to an activating group) is 1. The monoisotopic (exact) mass is 232 g/mol. The number of quaternary nitrogens is 1. The van der Waals surface area contributed by atoms with Crippen molar-refractivity contribution in [2.75, 3.05) is 7.05 Å². The Balaban J connectivity index is 1.86. The first kappa shape index (κ1) is 11.2. The first-order chi connectivity index (χ1) is 8.20. The molecule has 0 aromatic heterocycles. The van der Waals surface area contributed by atoms with E-state index in [1.54, 1.807) is 0 Å². The van der Waals surface area contributed by atoms with Crippen molar-refractivity contribution in [1.29, 1.82) is 0 Å². The Morgan fingerprint density at radius 1 is 1.12 bits per heavy atom. The van der Waals surface area contributed by atoms with E-state index in [4.69, 9.17) is 0 Å². The Morgan fingerprint density at radius 2 is 1.82 bits per heavy atom. The Hall–Kier alpha value is -0.860. The number of nitrogens with zero attached hydrogens (tertiary/aromatic N) is 1. The third-order valence-electron chi connectivity index (χ3n) is 4.99. The highest BCUT2D eigenvalue weighted by molar-refractivity contribution is 5.13. The van der Waals surface area contributed by atoms with Gasteiger partial charge < -0.3 is 9.59 Å². The molecule has 2 bridgehead atoms. The zero-order valence-corrected chi connectivity index (χ0v) is 10.5. The maximum absolute atomic E-state index is 10.2. The molecule has 3 rings (SSSR count). The van der Waals surface area contributed by atoms with Crippen molar-refractivity contribution >= 4 is 0 Å². The van der Waals surface area contributed by atoms with Crippen LogP contribution in [0.4, 0.5) is 0 Å². The van der Waals surface area contributed by atoms with Gasteiger partial charge in [0.05, 0.1) is 13.1 Å². The number of aliphatic hydroxyl groups is 1. The normalized spacial score (nSPS) is 40.5. The maximum atomic E-state index is 10.2. The van der Waals surface area contributed by atoms with Gasteiger partial charge in [0.15, 0.2) is 0 Å². The molecule has 2 aliphatic heterocycles. The van der Waals surface area contributed by atoms with Crippen LogP contribution < -0.4 is 0 Å². The molecule has 1 unspecified atom stereocenters. The first-order valence-electron chi connectivity index (χ1n) is 6.77. The van der Waals surface area contributed by atoms with Crippen LogP contribution in [0.2, 0.25) is 0 Å². The van der Waals surface area contributed by atoms with E-state index < -0.39 is 0 Å². The standard InChI is InChI=1S/C15H22NO/c1-16(11-12-5-3-2-4-6-12)13-7-9-14(16)15(17)10-8-13/h2-6,13-15,17H,7-11H2,1H3/q+1/t13-,14+,15+,16?/m0/s1. The Morgan fingerprint density at radius 3 is 2.59 bits per heavy atom. The van der Waals surface area contributed by atoms with Crippen molar-refractivity contribution in [3.05, 3.63) is 35.9 Å². The summed E-state index contributed by atoms with van der Waals surface area (Å²) in [6, 6.07) is 12.0. The molecule has 1 N–H and O–H groups in total. The zero-order chi connectivity index (χ0) is 11.9. The number of rotatable bonds is 2. The van der Waals surface area contributed by atoms with Crippen molar-refractivity contribution in [1.82, 2.24) is 0 Å². The molecule has 1 aromatic rings. The van der Waals surface area contributed by atoms with Crippen LogP contribution in [-0.2, 0) is 6.54 Å². The summed E-state index contributed by atoms with van der Waals surface area (Å²) in [5.41, 5.74) is 1.40. The second-order valence-electron chi connectivity index (χ2n) is 5.93. The fourth-order valence-electron chi connectivity index (χ4n) is 4.03. The molecule has 2 heterocycles. The summed E-state index contributed by atoms with van der Waals surface area (Å²) in [6.07, 6.45) is 4.63. The smallest absolute Gasteiger partial charge is 0.116 e. The molecule has 2 heteroatoms. The number of aliphatic hydroxyl groups excluding tert-OH is 1. The van der Waals surface area contributed by atoms with Gasteiger partial charge in [0, 0.05) is 24.8 Å². The maximum Gasteiger partial charge on any atom is 0.116 e. The van der Waals surface area contributed by atoms with E-state index in [1.165, 1.54) is 24.8 Å². The Labute approximate surface area is 103 Å². The van der Waals surface area contributed by atoms with Gasteiger partial charge in [-0.2, -0.15) is 0 Å². The van der Waals surface area contributed by atoms with E-state index in [2.05, 4.69) is 37.4 Å². The number of benzene rings is 1. The molecular weight excluding hydrogens is 210 g/mol. The highest BCUT2D eigenvalue weighted by Gasteiger charge is 2.52. The van der Waals surface area contributed by atoms with Crippen LogP contribution in [0.15, 0.2) is 30.3 Å². The predicted molar refractivity (Wildman–Crippen MR) is 68.4 cm³/mol. The molecule has 2 fully saturated rings. The Kier molecular flexibility index (Phi) is 2.72. The SMILES string of the molecule is C[N+]1(Cc2ccccc2)[C@@H]2CC[C@@H](O)[C@H]1CC2. The molecule has 2 saturated heterocycles. The molecule has 1 aromatic carbocycles. The lowest BCUT2D eigenvalue weighted by Crippen LogP contribution is -2.59. The number of piperidine rings is 1. The minimum atomic E-state index is -0.0811. The van der Waals surface area contributed by atoms with Crippen molar-refractivity contribution in [3.63, 3.8) is 0 Å². The molecule has 0 amide bonds. The van der Waals surface area contributed by atoms with Crippen LogP contribution in [0.25, 0.3) is 0 Å². The highest BCUT2D eigenvalue weighted by Crippen LogP contribution is 2.42. The average molecular weight is 232 g/mol. The molecule has 2 aliphatic rings. The van der Waals surface area contributed by atoms with E-state index in [1.807, 2.05) is 0 Å². The van der Waals surface area contributed by atoms with Crippen molar-refractivity contribution in [2.45, 2.75) is 50.4 Å². The van der Waals surface area contributed by atoms with E-state index >= 15 is 0 Å². The van der Waals surface area contributed by atoms with Crippen LogP contribution >= 0.6 is 0 Å². The second kappa shape index (κ2) is 4.11. The highest BCUT2D eigenvalue weighted by atomic mass is 16.3. The van der Waals surface area contributed by atoms with Gasteiger partial charge in [0.25, 0.3) is 0 Å². The summed E-state index contributed by atoms with van der Waals surface area (Å²) < 4.78 is 1.06. The quantitative estimate of drug-likeness (QED) is 0.776. The molecule has 0 radical (unpaired) electrons. The van der Waals surface area contributed by atoms with Gasteiger partial charge in [-0.1, -0.05) is 30.3 Å². The molecule has 4 atom stereocenters. The second-order valence-corrected chi connectivity index (χ2v) is 5.93. The fourth-order valence-corrected chi connectivity index (χ4v) is 4.03. The summed E-state index contributed by atoms with van der Waals surface area (Å²) in [5.74, 6) is 0. The van der Waals surface area contributed by atoms with Crippen LogP contribution in [0, 0.1) is 0 Å². The summed E-state index contributed by atoms with van der Waals surface area (Å²) >= 11 is 0. The van der Waals surface area contributed by atoms with Gasteiger partial charge >= 0.3 is 0 Å². The summed E-state index contributed by atoms with van der Waals surface area (Å²) in [4.78, 5) is 0. The molecule has 0 spiro atoms. The summed E-state index contributed by atoms with van der Waals surface area (Å²) in [7, 11) is 2.34. The van der Waals surface area contributed by atoms with E-state index in [-0.39, 0.29) is 6.10 Å². The van der Waals surface area contributed by atoms with Crippen molar-refractivity contribution < 1.29 is 9.59 Å². The zero-order valence-electron chi connectivity index (χ0n) is 10.5. The number of fused-ring (bicyclic) bond motifs is 2. The topological polar surface area (TPSA) is 20.2 Å². The summed E-state index contributed by atoms with van der Waals surface area (Å²) in [5, 5.41) is 10.2. The molecule has 92 valence electrons. The van der Waals surface area contributed by atoms with Crippen molar-refractivity contribution in [2.24, 2.45) is 0 Å². The third-order valence-corrected chi connectivity index (χ3v) is 4.99. The van der Waals surface area contributed by atoms with Gasteiger partial charge in [-0.3, -0.25) is 0 Å². The van der Waals surface area contributed by atoms with Crippen LogP contribution in [0.1, 0.15) is 31.2 Å². The largest absolute Gasteiger partial charge is 0.387 e.